The highest BCUT2D eigenvalue weighted by Crippen LogP contribution is 2.17. The first kappa shape index (κ1) is 12.9. The van der Waals surface area contributed by atoms with Gasteiger partial charge in [-0.25, -0.2) is 0 Å². The van der Waals surface area contributed by atoms with E-state index in [1.807, 2.05) is 13.8 Å². The van der Waals surface area contributed by atoms with E-state index in [1.54, 1.807) is 7.11 Å². The fourth-order valence-corrected chi connectivity index (χ4v) is 1.70. The van der Waals surface area contributed by atoms with Crippen molar-refractivity contribution in [1.82, 2.24) is 4.90 Å². The maximum atomic E-state index is 9.55. The lowest BCUT2D eigenvalue weighted by molar-refractivity contribution is 0.0168. The van der Waals surface area contributed by atoms with E-state index < -0.39 is 0 Å². The molecule has 2 atom stereocenters. The minimum absolute atomic E-state index is 0.313. The Morgan fingerprint density at radius 3 is 2.54 bits per heavy atom. The summed E-state index contributed by atoms with van der Waals surface area (Å²) in [5.74, 6) is 0. The highest BCUT2D eigenvalue weighted by molar-refractivity contribution is 4.82. The van der Waals surface area contributed by atoms with Gasteiger partial charge >= 0.3 is 0 Å². The van der Waals surface area contributed by atoms with Crippen molar-refractivity contribution in [3.05, 3.63) is 0 Å². The Bertz CT molecular complexity index is 119. The van der Waals surface area contributed by atoms with Gasteiger partial charge in [-0.1, -0.05) is 13.8 Å². The molecular weight excluding hydrogens is 166 g/mol. The quantitative estimate of drug-likeness (QED) is 0.722. The fraction of sp³-hybridized carbons (Fsp3) is 1.00. The van der Waals surface area contributed by atoms with Gasteiger partial charge in [0.2, 0.25) is 0 Å². The third-order valence-corrected chi connectivity index (χ3v) is 2.36. The first-order chi connectivity index (χ1) is 6.25. The summed E-state index contributed by atoms with van der Waals surface area (Å²) in [7, 11) is 3.68. The van der Waals surface area contributed by atoms with Crippen molar-refractivity contribution in [2.45, 2.75) is 38.8 Å². The number of rotatable bonds is 3. The van der Waals surface area contributed by atoms with Gasteiger partial charge in [-0.3, -0.25) is 0 Å². The lowest BCUT2D eigenvalue weighted by Crippen LogP contribution is -2.38. The molecule has 2 unspecified atom stereocenters. The molecule has 13 heavy (non-hydrogen) atoms. The Kier molecular flexibility index (Phi) is 7.23. The zero-order valence-electron chi connectivity index (χ0n) is 9.29. The molecule has 0 aromatic rings. The minimum atomic E-state index is -0.313. The Balaban J connectivity index is 0.000000671. The molecule has 80 valence electrons. The molecule has 0 aromatic heterocycles. The molecule has 0 saturated carbocycles. The Morgan fingerprint density at radius 1 is 1.54 bits per heavy atom. The number of nitrogens with zero attached hydrogens (tertiary/aromatic N) is 1. The van der Waals surface area contributed by atoms with Gasteiger partial charge in [-0.2, -0.15) is 0 Å². The lowest BCUT2D eigenvalue weighted by Gasteiger charge is -2.24. The Hall–Kier alpha value is -0.120. The smallest absolute Gasteiger partial charge is 0.0928 e. The summed E-state index contributed by atoms with van der Waals surface area (Å²) < 4.78 is 4.89. The second kappa shape index (κ2) is 7.30. The molecule has 0 radical (unpaired) electrons. The van der Waals surface area contributed by atoms with E-state index >= 15 is 0 Å². The summed E-state index contributed by atoms with van der Waals surface area (Å²) in [6.07, 6.45) is 1.98. The summed E-state index contributed by atoms with van der Waals surface area (Å²) in [5.41, 5.74) is 0. The number of aliphatic hydroxyl groups is 1. The van der Waals surface area contributed by atoms with Gasteiger partial charge in [0, 0.05) is 13.2 Å². The van der Waals surface area contributed by atoms with Crippen molar-refractivity contribution in [3.63, 3.8) is 0 Å². The van der Waals surface area contributed by atoms with Crippen LogP contribution in [0.15, 0.2) is 0 Å². The van der Waals surface area contributed by atoms with Crippen LogP contribution in [0.3, 0.4) is 0 Å². The van der Waals surface area contributed by atoms with Gasteiger partial charge < -0.3 is 14.7 Å². The van der Waals surface area contributed by atoms with Gasteiger partial charge in [0.1, 0.15) is 0 Å². The van der Waals surface area contributed by atoms with Crippen LogP contribution < -0.4 is 0 Å². The highest BCUT2D eigenvalue weighted by Gasteiger charge is 2.27. The summed E-state index contributed by atoms with van der Waals surface area (Å²) in [4.78, 5) is 2.20. The van der Waals surface area contributed by atoms with E-state index in [0.29, 0.717) is 12.6 Å². The summed E-state index contributed by atoms with van der Waals surface area (Å²) >= 11 is 0. The standard InChI is InChI=1S/C8H17NO2.C2H6/c1-9-5-3-4-7(9)8(10)6-11-2;1-2/h7-8,10H,3-6H2,1-2H3;1-2H3. The number of methoxy groups -OCH3 is 1. The molecule has 1 saturated heterocycles. The number of ether oxygens (including phenoxy) is 1. The van der Waals surface area contributed by atoms with Crippen LogP contribution >= 0.6 is 0 Å². The average molecular weight is 189 g/mol. The van der Waals surface area contributed by atoms with Crippen molar-refractivity contribution >= 4 is 0 Å². The molecule has 1 heterocycles. The molecule has 1 aliphatic heterocycles. The van der Waals surface area contributed by atoms with E-state index in [2.05, 4.69) is 11.9 Å². The number of aliphatic hydroxyl groups excluding tert-OH is 1. The second-order valence-electron chi connectivity index (χ2n) is 3.21. The zero-order valence-corrected chi connectivity index (χ0v) is 9.29. The van der Waals surface area contributed by atoms with Gasteiger partial charge in [-0.05, 0) is 26.4 Å². The average Bonchev–Trinajstić information content (AvgIpc) is 2.55. The topological polar surface area (TPSA) is 32.7 Å². The van der Waals surface area contributed by atoms with Gasteiger partial charge in [-0.15, -0.1) is 0 Å². The largest absolute Gasteiger partial charge is 0.389 e. The molecule has 0 bridgehead atoms. The van der Waals surface area contributed by atoms with Crippen molar-refractivity contribution in [1.29, 1.82) is 0 Å². The molecule has 0 aromatic carbocycles. The third kappa shape index (κ3) is 4.07. The van der Waals surface area contributed by atoms with E-state index in [4.69, 9.17) is 4.74 Å². The van der Waals surface area contributed by atoms with E-state index in [-0.39, 0.29) is 6.10 Å². The van der Waals surface area contributed by atoms with Crippen LogP contribution in [0.1, 0.15) is 26.7 Å². The number of likely N-dealkylation sites (N-methyl/N-ethyl adjacent to an activating group) is 1. The molecule has 1 N–H and O–H groups in total. The van der Waals surface area contributed by atoms with Gasteiger partial charge in [0.25, 0.3) is 0 Å². The predicted molar refractivity (Wildman–Crippen MR) is 54.9 cm³/mol. The zero-order chi connectivity index (χ0) is 10.3. The predicted octanol–water partition coefficient (Wildman–Crippen LogP) is 1.11. The molecule has 3 nitrogen and oxygen atoms in total. The van der Waals surface area contributed by atoms with E-state index in [1.165, 1.54) is 6.42 Å². The normalized spacial score (nSPS) is 25.2. The molecular formula is C10H23NO2. The fourth-order valence-electron chi connectivity index (χ4n) is 1.70. The monoisotopic (exact) mass is 189 g/mol. The van der Waals surface area contributed by atoms with Crippen molar-refractivity contribution in [2.24, 2.45) is 0 Å². The summed E-state index contributed by atoms with van der Waals surface area (Å²) in [6.45, 7) is 5.56. The maximum absolute atomic E-state index is 9.55. The number of hydrogen-bond acceptors (Lipinski definition) is 3. The highest BCUT2D eigenvalue weighted by atomic mass is 16.5. The van der Waals surface area contributed by atoms with Crippen LogP contribution in [-0.2, 0) is 4.74 Å². The molecule has 0 spiro atoms. The first-order valence-electron chi connectivity index (χ1n) is 5.13. The molecule has 1 rings (SSSR count). The van der Waals surface area contributed by atoms with Crippen LogP contribution in [0.4, 0.5) is 0 Å². The molecule has 1 fully saturated rings. The molecule has 3 heteroatoms. The third-order valence-electron chi connectivity index (χ3n) is 2.36. The number of likely N-dealkylation sites (tertiary alicyclic amines) is 1. The lowest BCUT2D eigenvalue weighted by atomic mass is 10.1. The minimum Gasteiger partial charge on any atom is -0.389 e. The van der Waals surface area contributed by atoms with E-state index in [0.717, 1.165) is 13.0 Å². The Morgan fingerprint density at radius 2 is 2.15 bits per heavy atom. The summed E-state index contributed by atoms with van der Waals surface area (Å²) in [5, 5.41) is 9.55. The van der Waals surface area contributed by atoms with Crippen molar-refractivity contribution in [2.75, 3.05) is 27.3 Å². The first-order valence-corrected chi connectivity index (χ1v) is 5.13. The maximum Gasteiger partial charge on any atom is 0.0928 e. The van der Waals surface area contributed by atoms with Gasteiger partial charge in [0.15, 0.2) is 0 Å². The molecule has 0 aliphatic carbocycles. The van der Waals surface area contributed by atoms with E-state index in [9.17, 15) is 5.11 Å². The van der Waals surface area contributed by atoms with Crippen LogP contribution in [0.2, 0.25) is 0 Å². The van der Waals surface area contributed by atoms with Crippen molar-refractivity contribution < 1.29 is 9.84 Å². The van der Waals surface area contributed by atoms with Crippen LogP contribution in [0.25, 0.3) is 0 Å². The van der Waals surface area contributed by atoms with Crippen LogP contribution in [-0.4, -0.2) is 49.5 Å². The van der Waals surface area contributed by atoms with Crippen molar-refractivity contribution in [3.8, 4) is 0 Å². The van der Waals surface area contributed by atoms with Crippen LogP contribution in [0.5, 0.6) is 0 Å². The SMILES string of the molecule is CC.COCC(O)C1CCCN1C. The summed E-state index contributed by atoms with van der Waals surface area (Å²) in [6, 6.07) is 0.315. The molecule has 1 aliphatic rings. The number of hydrogen-bond donors (Lipinski definition) is 1. The molecule has 0 amide bonds. The second-order valence-corrected chi connectivity index (χ2v) is 3.21. The van der Waals surface area contributed by atoms with Gasteiger partial charge in [0.05, 0.1) is 12.7 Å². The van der Waals surface area contributed by atoms with Crippen LogP contribution in [0, 0.1) is 0 Å². The Labute approximate surface area is 81.7 Å².